The van der Waals surface area contributed by atoms with Gasteiger partial charge in [0.1, 0.15) is 24.6 Å². The zero-order chi connectivity index (χ0) is 49.2. The third-order valence-electron chi connectivity index (χ3n) is 12.3. The summed E-state index contributed by atoms with van der Waals surface area (Å²) in [5.74, 6) is 1.89. The number of fused-ring (bicyclic) bond motifs is 1. The summed E-state index contributed by atoms with van der Waals surface area (Å²) >= 11 is 0. The molecule has 0 radical (unpaired) electrons. The Balaban J connectivity index is 1.25. The quantitative estimate of drug-likeness (QED) is 0.0148. The Morgan fingerprint density at radius 3 is 1.99 bits per heavy atom. The van der Waals surface area contributed by atoms with Crippen molar-refractivity contribution in [1.29, 1.82) is 0 Å². The fraction of sp³-hybridized carbons (Fsp3) is 0.596. The van der Waals surface area contributed by atoms with Crippen LogP contribution in [0.15, 0.2) is 67.0 Å². The van der Waals surface area contributed by atoms with E-state index in [1.165, 1.54) is 87.9 Å². The molecule has 2 aromatic carbocycles. The molecule has 378 valence electrons. The van der Waals surface area contributed by atoms with E-state index >= 15 is 4.57 Å². The number of terminal acetylenes is 1. The molecular weight excluding hydrogens is 903 g/mol. The van der Waals surface area contributed by atoms with Crippen LogP contribution >= 0.6 is 7.75 Å². The largest absolute Gasteiger partial charge is 0.508 e. The van der Waals surface area contributed by atoms with Crippen molar-refractivity contribution < 1.29 is 46.5 Å². The molecule has 1 aliphatic heterocycles. The van der Waals surface area contributed by atoms with Crippen molar-refractivity contribution in [2.75, 3.05) is 25.6 Å². The summed E-state index contributed by atoms with van der Waals surface area (Å²) in [5.41, 5.74) is 4.87. The van der Waals surface area contributed by atoms with Gasteiger partial charge in [-0.2, -0.15) is 19.4 Å². The van der Waals surface area contributed by atoms with Crippen LogP contribution in [-0.4, -0.2) is 69.2 Å². The summed E-state index contributed by atoms with van der Waals surface area (Å²) in [7, 11) is -4.60. The molecule has 0 unspecified atom stereocenters. The van der Waals surface area contributed by atoms with Crippen LogP contribution in [0.25, 0.3) is 11.2 Å². The van der Waals surface area contributed by atoms with E-state index in [-0.39, 0.29) is 48.8 Å². The Morgan fingerprint density at radius 2 is 1.39 bits per heavy atom. The predicted octanol–water partition coefficient (Wildman–Crippen LogP) is 12.1. The summed E-state index contributed by atoms with van der Waals surface area (Å²) < 4.78 is 66.7. The van der Waals surface area contributed by atoms with E-state index in [0.29, 0.717) is 12.8 Å². The maximum atomic E-state index is 15.1. The molecule has 1 fully saturated rings. The molecule has 0 saturated carbocycles. The first-order valence-corrected chi connectivity index (χ1v) is 26.7. The molecule has 0 bridgehead atoms. The highest BCUT2D eigenvalue weighted by atomic mass is 31.2. The molecule has 3 N–H and O–H groups in total. The van der Waals surface area contributed by atoms with Crippen LogP contribution in [0.1, 0.15) is 160 Å². The Kier molecular flexibility index (Phi) is 23.7. The van der Waals surface area contributed by atoms with Gasteiger partial charge in [-0.15, -0.1) is 6.42 Å². The monoisotopic (exact) mass is 977 g/mol. The highest BCUT2D eigenvalue weighted by molar-refractivity contribution is 7.52. The number of rotatable bonds is 34. The first-order valence-electron chi connectivity index (χ1n) is 25.2. The van der Waals surface area contributed by atoms with Crippen LogP contribution in [0.4, 0.5) is 15.0 Å². The fourth-order valence-corrected chi connectivity index (χ4v) is 9.86. The number of ether oxygens (including phenoxy) is 4. The smallest absolute Gasteiger partial charge is 0.465 e. The standard InChI is InChI=1S/C52H74FN6O9P/c1-4-7-9-11-12-13-14-15-16-17-18-19-20-21-22-30-35-63-49(60)43(37-41-31-25-23-26-32-41)58-69(62,68-42-33-27-24-28-34-42)65-39-52(6-3)44(66-51(61)64-36-29-10-8-5-2)38-45(67-52)59-40-55-46-47(54)56-50(53)57-48(46)59/h3,23-28,31-34,40,43-45H,4-5,7-22,29-30,35-39H2,1-2H3,(H,58,62)(H2,54,56,57)/t43-,44-,45+,52+,69-/m0/s1. The molecule has 69 heavy (non-hydrogen) atoms. The van der Waals surface area contributed by atoms with E-state index in [1.807, 2.05) is 30.3 Å². The van der Waals surface area contributed by atoms with Crippen molar-refractivity contribution in [3.05, 3.63) is 78.6 Å². The predicted molar refractivity (Wildman–Crippen MR) is 265 cm³/mol. The number of benzene rings is 2. The van der Waals surface area contributed by atoms with Crippen molar-refractivity contribution >= 4 is 36.9 Å². The average molecular weight is 977 g/mol. The van der Waals surface area contributed by atoms with Gasteiger partial charge < -0.3 is 29.2 Å². The van der Waals surface area contributed by atoms with Crippen LogP contribution in [-0.2, 0) is 39.3 Å². The minimum atomic E-state index is -4.60. The lowest BCUT2D eigenvalue weighted by Gasteiger charge is -2.31. The minimum Gasteiger partial charge on any atom is -0.465 e. The van der Waals surface area contributed by atoms with Gasteiger partial charge in [-0.25, -0.2) is 14.3 Å². The van der Waals surface area contributed by atoms with Crippen molar-refractivity contribution in [2.45, 2.75) is 179 Å². The lowest BCUT2D eigenvalue weighted by Crippen LogP contribution is -2.46. The second kappa shape index (κ2) is 29.8. The number of nitrogens with one attached hydrogen (secondary N) is 1. The molecule has 1 aliphatic rings. The minimum absolute atomic E-state index is 0.00223. The van der Waals surface area contributed by atoms with Gasteiger partial charge in [-0.3, -0.25) is 13.9 Å². The van der Waals surface area contributed by atoms with E-state index in [4.69, 9.17) is 40.2 Å². The van der Waals surface area contributed by atoms with Crippen molar-refractivity contribution in [3.8, 4) is 18.1 Å². The van der Waals surface area contributed by atoms with Crippen LogP contribution in [0, 0.1) is 18.4 Å². The number of nitrogens with zero attached hydrogens (tertiary/aromatic N) is 4. The number of carbonyl (C=O) groups excluding carboxylic acids is 2. The molecule has 1 saturated heterocycles. The SMILES string of the molecule is C#C[C@]1(CO[P@@](=O)(N[C@@H](Cc2ccccc2)C(=O)OCCCCCCCCCCCCCCCCCC)Oc2ccccc2)O[C@@H](n2cnc3c(N)nc(F)nc32)C[C@@H]1OC(=O)OCCCCCC. The number of esters is 1. The Morgan fingerprint density at radius 1 is 0.841 bits per heavy atom. The maximum Gasteiger partial charge on any atom is 0.508 e. The molecule has 0 amide bonds. The topological polar surface area (TPSA) is 188 Å². The molecule has 5 rings (SSSR count). The molecule has 3 heterocycles. The number of imidazole rings is 1. The van der Waals surface area contributed by atoms with Crippen molar-refractivity contribution in [2.24, 2.45) is 0 Å². The van der Waals surface area contributed by atoms with Crippen LogP contribution < -0.4 is 15.3 Å². The van der Waals surface area contributed by atoms with Gasteiger partial charge in [-0.05, 0) is 37.0 Å². The normalized spacial score (nSPS) is 18.1. The third kappa shape index (κ3) is 18.3. The first-order chi connectivity index (χ1) is 33.6. The Bertz CT molecular complexity index is 2210. The van der Waals surface area contributed by atoms with Gasteiger partial charge in [0.2, 0.25) is 0 Å². The van der Waals surface area contributed by atoms with Gasteiger partial charge in [0.25, 0.3) is 0 Å². The average Bonchev–Trinajstić information content (AvgIpc) is 3.94. The van der Waals surface area contributed by atoms with E-state index in [9.17, 15) is 14.0 Å². The number of halogens is 1. The van der Waals surface area contributed by atoms with Crippen molar-refractivity contribution in [1.82, 2.24) is 24.6 Å². The number of nitrogens with two attached hydrogens (primary N) is 1. The Labute approximate surface area is 408 Å². The van der Waals surface area contributed by atoms with Gasteiger partial charge in [0.15, 0.2) is 28.7 Å². The number of hydrogen-bond donors (Lipinski definition) is 2. The number of aromatic nitrogens is 4. The summed E-state index contributed by atoms with van der Waals surface area (Å²) in [6.45, 7) is 3.94. The molecule has 2 aromatic heterocycles. The van der Waals surface area contributed by atoms with Gasteiger partial charge in [0, 0.05) is 6.42 Å². The summed E-state index contributed by atoms with van der Waals surface area (Å²) in [6, 6.07) is 16.3. The highest BCUT2D eigenvalue weighted by Gasteiger charge is 2.53. The van der Waals surface area contributed by atoms with Crippen LogP contribution in [0.2, 0.25) is 0 Å². The maximum absolute atomic E-state index is 15.1. The summed E-state index contributed by atoms with van der Waals surface area (Å²) in [6.07, 6.45) is 26.1. The van der Waals surface area contributed by atoms with Crippen LogP contribution in [0.5, 0.6) is 5.75 Å². The number of nitrogen functional groups attached to an aromatic ring is 1. The molecule has 17 heteroatoms. The van der Waals surface area contributed by atoms with E-state index < -0.39 is 56.5 Å². The lowest BCUT2D eigenvalue weighted by molar-refractivity contribution is -0.146. The fourth-order valence-electron chi connectivity index (χ4n) is 8.34. The number of para-hydroxylation sites is 1. The molecule has 15 nitrogen and oxygen atoms in total. The Hall–Kier alpha value is -5.07. The molecule has 0 spiro atoms. The molecule has 0 aliphatic carbocycles. The van der Waals surface area contributed by atoms with Gasteiger partial charge in [-0.1, -0.05) is 184 Å². The molecular formula is C52H74FN6O9P. The zero-order valence-corrected chi connectivity index (χ0v) is 41.6. The number of unbranched alkanes of at least 4 members (excludes halogenated alkanes) is 18. The lowest BCUT2D eigenvalue weighted by atomic mass is 9.99. The first kappa shape index (κ1) is 54.9. The molecule has 5 atom stereocenters. The number of hydrogen-bond acceptors (Lipinski definition) is 13. The molecule has 4 aromatic rings. The van der Waals surface area contributed by atoms with Gasteiger partial charge in [0.05, 0.1) is 19.5 Å². The highest BCUT2D eigenvalue weighted by Crippen LogP contribution is 2.49. The van der Waals surface area contributed by atoms with Gasteiger partial charge >= 0.3 is 25.9 Å². The van der Waals surface area contributed by atoms with E-state index in [0.717, 1.165) is 44.1 Å². The van der Waals surface area contributed by atoms with E-state index in [2.05, 4.69) is 39.8 Å². The second-order valence-electron chi connectivity index (χ2n) is 17.8. The zero-order valence-electron chi connectivity index (χ0n) is 40.7. The second-order valence-corrected chi connectivity index (χ2v) is 19.5. The van der Waals surface area contributed by atoms with Crippen LogP contribution in [0.3, 0.4) is 0 Å². The third-order valence-corrected chi connectivity index (χ3v) is 13.8. The summed E-state index contributed by atoms with van der Waals surface area (Å²) in [4.78, 5) is 38.8. The summed E-state index contributed by atoms with van der Waals surface area (Å²) in [5, 5.41) is 2.87. The number of anilines is 1. The number of carbonyl (C=O) groups is 2. The van der Waals surface area contributed by atoms with Crippen molar-refractivity contribution in [3.63, 3.8) is 0 Å². The van der Waals surface area contributed by atoms with E-state index in [1.54, 1.807) is 30.3 Å².